The van der Waals surface area contributed by atoms with E-state index in [9.17, 15) is 19.2 Å². The summed E-state index contributed by atoms with van der Waals surface area (Å²) in [6.07, 6.45) is -0.566. The Labute approximate surface area is 203 Å². The van der Waals surface area contributed by atoms with Crippen LogP contribution in [0.4, 0.5) is 16.2 Å². The zero-order valence-electron chi connectivity index (χ0n) is 20.7. The Morgan fingerprint density at radius 1 is 0.971 bits per heavy atom. The molecule has 2 rings (SSSR count). The maximum absolute atomic E-state index is 12.7. The van der Waals surface area contributed by atoms with Crippen LogP contribution in [0.2, 0.25) is 0 Å². The van der Waals surface area contributed by atoms with Gasteiger partial charge in [0.05, 0.1) is 50.4 Å². The minimum atomic E-state index is -0.783. The van der Waals surface area contributed by atoms with E-state index in [1.807, 2.05) is 0 Å². The molecule has 1 amide bonds. The zero-order valence-corrected chi connectivity index (χ0v) is 20.7. The van der Waals surface area contributed by atoms with Crippen molar-refractivity contribution in [2.24, 2.45) is 0 Å². The second kappa shape index (κ2) is 12.1. The number of methoxy groups -OCH3 is 3. The van der Waals surface area contributed by atoms with Crippen LogP contribution in [0.3, 0.4) is 0 Å². The number of hydrogen-bond acceptors (Lipinski definition) is 11. The monoisotopic (exact) mass is 493 g/mol. The lowest BCUT2D eigenvalue weighted by Gasteiger charge is -2.33. The maximum Gasteiger partial charge on any atom is 0.407 e. The lowest BCUT2D eigenvalue weighted by molar-refractivity contribution is -0.140. The van der Waals surface area contributed by atoms with Gasteiger partial charge in [-0.1, -0.05) is 0 Å². The molecule has 0 aromatic heterocycles. The Hall–Kier alpha value is -3.80. The summed E-state index contributed by atoms with van der Waals surface area (Å²) in [6, 6.07) is 4.63. The molecule has 1 aliphatic heterocycles. The number of carbonyl (C=O) groups excluding carboxylic acids is 4. The second-order valence-corrected chi connectivity index (χ2v) is 8.29. The van der Waals surface area contributed by atoms with Crippen molar-refractivity contribution in [3.63, 3.8) is 0 Å². The first kappa shape index (κ1) is 27.4. The third-order valence-electron chi connectivity index (χ3n) is 4.65. The van der Waals surface area contributed by atoms with Gasteiger partial charge < -0.3 is 39.2 Å². The standard InChI is InChI=1S/C23H31N3O9/c1-23(2,3)35-22(30)25-10-9-24-16-8-7-14(19(27)31-4)11-17(16)26-13-34-12-15(20(28)32-5)18(26)21(29)33-6/h7-8,11,24H,9-10,12-13H2,1-6H3,(H,25,30). The van der Waals surface area contributed by atoms with Crippen LogP contribution in [0.1, 0.15) is 31.1 Å². The lowest BCUT2D eigenvalue weighted by atomic mass is 10.1. The van der Waals surface area contributed by atoms with Crippen molar-refractivity contribution in [1.82, 2.24) is 5.32 Å². The molecule has 1 aromatic carbocycles. The van der Waals surface area contributed by atoms with Crippen molar-refractivity contribution in [3.05, 3.63) is 35.0 Å². The first-order valence-electron chi connectivity index (χ1n) is 10.7. The first-order valence-corrected chi connectivity index (χ1v) is 10.7. The first-order chi connectivity index (χ1) is 16.5. The summed E-state index contributed by atoms with van der Waals surface area (Å²) in [5.74, 6) is -2.14. The van der Waals surface area contributed by atoms with E-state index in [0.717, 1.165) is 0 Å². The van der Waals surface area contributed by atoms with Crippen LogP contribution in [0, 0.1) is 0 Å². The molecule has 1 aromatic rings. The highest BCUT2D eigenvalue weighted by Gasteiger charge is 2.33. The number of alkyl carbamates (subject to hydrolysis) is 1. The molecule has 0 saturated heterocycles. The van der Waals surface area contributed by atoms with Crippen molar-refractivity contribution < 1.29 is 42.9 Å². The summed E-state index contributed by atoms with van der Waals surface area (Å²) >= 11 is 0. The lowest BCUT2D eigenvalue weighted by Crippen LogP contribution is -2.39. The second-order valence-electron chi connectivity index (χ2n) is 8.29. The normalized spacial score (nSPS) is 13.6. The van der Waals surface area contributed by atoms with Gasteiger partial charge in [-0.15, -0.1) is 0 Å². The van der Waals surface area contributed by atoms with Crippen molar-refractivity contribution in [3.8, 4) is 0 Å². The summed E-state index contributed by atoms with van der Waals surface area (Å²) in [5, 5.41) is 5.77. The molecule has 1 heterocycles. The Morgan fingerprint density at radius 2 is 1.63 bits per heavy atom. The van der Waals surface area contributed by atoms with E-state index in [4.69, 9.17) is 23.7 Å². The average molecular weight is 494 g/mol. The van der Waals surface area contributed by atoms with Gasteiger partial charge in [-0.2, -0.15) is 0 Å². The van der Waals surface area contributed by atoms with Gasteiger partial charge in [-0.3, -0.25) is 0 Å². The Bertz CT molecular complexity index is 998. The highest BCUT2D eigenvalue weighted by Crippen LogP contribution is 2.33. The molecule has 0 saturated carbocycles. The van der Waals surface area contributed by atoms with E-state index in [1.165, 1.54) is 38.4 Å². The fourth-order valence-corrected chi connectivity index (χ4v) is 3.16. The number of rotatable bonds is 8. The smallest absolute Gasteiger partial charge is 0.407 e. The van der Waals surface area contributed by atoms with E-state index >= 15 is 0 Å². The van der Waals surface area contributed by atoms with Gasteiger partial charge in [-0.25, -0.2) is 19.2 Å². The number of nitrogens with one attached hydrogen (secondary N) is 2. The summed E-state index contributed by atoms with van der Waals surface area (Å²) < 4.78 is 25.2. The Kier molecular flexibility index (Phi) is 9.46. The third-order valence-corrected chi connectivity index (χ3v) is 4.65. The van der Waals surface area contributed by atoms with Gasteiger partial charge in [0, 0.05) is 13.1 Å². The molecule has 35 heavy (non-hydrogen) atoms. The number of anilines is 2. The summed E-state index contributed by atoms with van der Waals surface area (Å²) in [6.45, 7) is 5.50. The van der Waals surface area contributed by atoms with Gasteiger partial charge in [0.2, 0.25) is 0 Å². The van der Waals surface area contributed by atoms with Crippen molar-refractivity contribution in [2.45, 2.75) is 26.4 Å². The Balaban J connectivity index is 2.39. The number of benzene rings is 1. The molecule has 0 radical (unpaired) electrons. The number of amides is 1. The average Bonchev–Trinajstić information content (AvgIpc) is 2.83. The molecule has 0 unspecified atom stereocenters. The third kappa shape index (κ3) is 7.34. The van der Waals surface area contributed by atoms with Crippen molar-refractivity contribution >= 4 is 35.4 Å². The molecule has 12 nitrogen and oxygen atoms in total. The largest absolute Gasteiger partial charge is 0.466 e. The van der Waals surface area contributed by atoms with Crippen molar-refractivity contribution in [1.29, 1.82) is 0 Å². The van der Waals surface area contributed by atoms with Gasteiger partial charge >= 0.3 is 24.0 Å². The molecule has 0 bridgehead atoms. The number of hydrogen-bond donors (Lipinski definition) is 2. The predicted octanol–water partition coefficient (Wildman–Crippen LogP) is 1.80. The molecule has 0 fully saturated rings. The quantitative estimate of drug-likeness (QED) is 0.311. The van der Waals surface area contributed by atoms with Crippen LogP contribution in [0.5, 0.6) is 0 Å². The molecular weight excluding hydrogens is 462 g/mol. The van der Waals surface area contributed by atoms with Gasteiger partial charge in [0.15, 0.2) is 0 Å². The van der Waals surface area contributed by atoms with Gasteiger partial charge in [0.1, 0.15) is 18.0 Å². The van der Waals surface area contributed by atoms with Gasteiger partial charge in [0.25, 0.3) is 0 Å². The van der Waals surface area contributed by atoms with E-state index in [1.54, 1.807) is 26.8 Å². The predicted molar refractivity (Wildman–Crippen MR) is 125 cm³/mol. The molecule has 0 atom stereocenters. The molecule has 192 valence electrons. The number of ether oxygens (including phenoxy) is 5. The number of nitrogens with zero attached hydrogens (tertiary/aromatic N) is 1. The SMILES string of the molecule is COC(=O)C1=C(C(=O)OC)N(c2cc(C(=O)OC)ccc2NCCNC(=O)OC(C)(C)C)COC1. The van der Waals surface area contributed by atoms with E-state index < -0.39 is 29.6 Å². The van der Waals surface area contributed by atoms with Gasteiger partial charge in [-0.05, 0) is 39.0 Å². The van der Waals surface area contributed by atoms with E-state index in [2.05, 4.69) is 10.6 Å². The number of esters is 3. The van der Waals surface area contributed by atoms with Crippen LogP contribution < -0.4 is 15.5 Å². The fourth-order valence-electron chi connectivity index (χ4n) is 3.16. The highest BCUT2D eigenvalue weighted by molar-refractivity contribution is 6.04. The number of carbonyl (C=O) groups is 4. The molecule has 2 N–H and O–H groups in total. The summed E-state index contributed by atoms with van der Waals surface area (Å²) in [4.78, 5) is 50.4. The minimum Gasteiger partial charge on any atom is -0.466 e. The minimum absolute atomic E-state index is 0.0355. The van der Waals surface area contributed by atoms with Crippen LogP contribution >= 0.6 is 0 Å². The van der Waals surface area contributed by atoms with Crippen molar-refractivity contribution in [2.75, 3.05) is 58.0 Å². The summed E-state index contributed by atoms with van der Waals surface area (Å²) in [7, 11) is 3.62. The Morgan fingerprint density at radius 3 is 2.23 bits per heavy atom. The fraction of sp³-hybridized carbons (Fsp3) is 0.478. The van der Waals surface area contributed by atoms with Crippen LogP contribution in [-0.4, -0.2) is 77.4 Å². The summed E-state index contributed by atoms with van der Waals surface area (Å²) in [5.41, 5.74) is 0.284. The maximum atomic E-state index is 12.7. The molecule has 1 aliphatic rings. The molecule has 0 spiro atoms. The van der Waals surface area contributed by atoms with E-state index in [-0.39, 0.29) is 43.3 Å². The van der Waals surface area contributed by atoms with Crippen LogP contribution in [0.15, 0.2) is 29.5 Å². The van der Waals surface area contributed by atoms with E-state index in [0.29, 0.717) is 11.4 Å². The topological polar surface area (TPSA) is 142 Å². The molecule has 12 heteroatoms. The molecule has 0 aliphatic carbocycles. The zero-order chi connectivity index (χ0) is 26.2. The highest BCUT2D eigenvalue weighted by atomic mass is 16.6. The van der Waals surface area contributed by atoms with Crippen LogP contribution in [-0.2, 0) is 33.3 Å². The van der Waals surface area contributed by atoms with Crippen LogP contribution in [0.25, 0.3) is 0 Å². The molecular formula is C23H31N3O9.